The van der Waals surface area contributed by atoms with E-state index in [1.54, 1.807) is 12.1 Å². The molecule has 1 unspecified atom stereocenters. The van der Waals surface area contributed by atoms with Crippen molar-refractivity contribution in [1.82, 2.24) is 0 Å². The first-order valence-corrected chi connectivity index (χ1v) is 7.40. The van der Waals surface area contributed by atoms with Crippen LogP contribution in [0.4, 0.5) is 10.1 Å². The minimum absolute atomic E-state index is 0.0626. The van der Waals surface area contributed by atoms with Gasteiger partial charge in [0.2, 0.25) is 0 Å². The highest BCUT2D eigenvalue weighted by atomic mass is 127. The maximum absolute atomic E-state index is 13.1. The van der Waals surface area contributed by atoms with Crippen molar-refractivity contribution in [2.75, 3.05) is 5.32 Å². The van der Waals surface area contributed by atoms with Crippen LogP contribution in [0.1, 0.15) is 18.5 Å². The Balaban J connectivity index is 2.16. The van der Waals surface area contributed by atoms with Crippen LogP contribution in [0.3, 0.4) is 0 Å². The van der Waals surface area contributed by atoms with E-state index in [1.165, 1.54) is 6.07 Å². The summed E-state index contributed by atoms with van der Waals surface area (Å²) in [4.78, 5) is 0. The van der Waals surface area contributed by atoms with Gasteiger partial charge in [0.15, 0.2) is 0 Å². The number of benzene rings is 2. The van der Waals surface area contributed by atoms with Crippen molar-refractivity contribution < 1.29 is 4.39 Å². The number of halogens is 3. The molecule has 2 aromatic carbocycles. The minimum atomic E-state index is -0.204. The normalized spacial score (nSPS) is 12.2. The highest BCUT2D eigenvalue weighted by Gasteiger charge is 2.07. The smallest absolute Gasteiger partial charge is 0.123 e. The van der Waals surface area contributed by atoms with E-state index in [9.17, 15) is 4.39 Å². The summed E-state index contributed by atoms with van der Waals surface area (Å²) >= 11 is 5.76. The molecule has 0 saturated carbocycles. The van der Waals surface area contributed by atoms with Crippen LogP contribution in [0.25, 0.3) is 0 Å². The van der Waals surface area contributed by atoms with Gasteiger partial charge in [0.1, 0.15) is 5.82 Å². The van der Waals surface area contributed by atoms with E-state index in [1.807, 2.05) is 31.2 Å². The van der Waals surface area contributed by atoms with E-state index in [0.717, 1.165) is 19.3 Å². The SMILES string of the molecule is CC(Nc1ccc(I)c(Br)c1)c1cccc(F)c1. The molecule has 2 aromatic rings. The van der Waals surface area contributed by atoms with E-state index < -0.39 is 0 Å². The van der Waals surface area contributed by atoms with Crippen LogP contribution in [0.5, 0.6) is 0 Å². The standard InChI is InChI=1S/C14H12BrFIN/c1-9(10-3-2-4-11(16)7-10)18-12-5-6-14(17)13(15)8-12/h2-9,18H,1H3. The van der Waals surface area contributed by atoms with Crippen molar-refractivity contribution >= 4 is 44.2 Å². The number of rotatable bonds is 3. The van der Waals surface area contributed by atoms with Crippen LogP contribution in [-0.4, -0.2) is 0 Å². The third-order valence-corrected chi connectivity index (χ3v) is 4.99. The second kappa shape index (κ2) is 6.02. The fourth-order valence-corrected chi connectivity index (χ4v) is 2.41. The predicted molar refractivity (Wildman–Crippen MR) is 85.3 cm³/mol. The molecule has 0 radical (unpaired) electrons. The zero-order chi connectivity index (χ0) is 13.1. The van der Waals surface area contributed by atoms with E-state index >= 15 is 0 Å². The minimum Gasteiger partial charge on any atom is -0.378 e. The number of hydrogen-bond donors (Lipinski definition) is 1. The van der Waals surface area contributed by atoms with E-state index in [-0.39, 0.29) is 11.9 Å². The molecule has 0 aliphatic heterocycles. The lowest BCUT2D eigenvalue weighted by molar-refractivity contribution is 0.623. The fraction of sp³-hybridized carbons (Fsp3) is 0.143. The summed E-state index contributed by atoms with van der Waals surface area (Å²) in [5.74, 6) is -0.204. The first-order valence-electron chi connectivity index (χ1n) is 5.53. The van der Waals surface area contributed by atoms with Crippen molar-refractivity contribution in [2.24, 2.45) is 0 Å². The number of hydrogen-bond acceptors (Lipinski definition) is 1. The van der Waals surface area contributed by atoms with Gasteiger partial charge in [-0.25, -0.2) is 4.39 Å². The molecule has 4 heteroatoms. The van der Waals surface area contributed by atoms with E-state index in [2.05, 4.69) is 43.8 Å². The van der Waals surface area contributed by atoms with Crippen LogP contribution in [-0.2, 0) is 0 Å². The van der Waals surface area contributed by atoms with Gasteiger partial charge in [-0.15, -0.1) is 0 Å². The molecule has 94 valence electrons. The quantitative estimate of drug-likeness (QED) is 0.660. The van der Waals surface area contributed by atoms with Gasteiger partial charge in [-0.3, -0.25) is 0 Å². The molecule has 0 spiro atoms. The zero-order valence-electron chi connectivity index (χ0n) is 9.75. The van der Waals surface area contributed by atoms with Crippen LogP contribution in [0.2, 0.25) is 0 Å². The molecule has 0 aliphatic carbocycles. The van der Waals surface area contributed by atoms with Gasteiger partial charge in [-0.1, -0.05) is 12.1 Å². The monoisotopic (exact) mass is 419 g/mol. The summed E-state index contributed by atoms with van der Waals surface area (Å²) in [6, 6.07) is 12.8. The largest absolute Gasteiger partial charge is 0.378 e. The van der Waals surface area contributed by atoms with Gasteiger partial charge in [-0.05, 0) is 81.3 Å². The van der Waals surface area contributed by atoms with Crippen molar-refractivity contribution in [2.45, 2.75) is 13.0 Å². The van der Waals surface area contributed by atoms with Crippen molar-refractivity contribution in [3.8, 4) is 0 Å². The Morgan fingerprint density at radius 2 is 2.00 bits per heavy atom. The lowest BCUT2D eigenvalue weighted by atomic mass is 10.1. The van der Waals surface area contributed by atoms with Crippen molar-refractivity contribution in [3.63, 3.8) is 0 Å². The third-order valence-electron chi connectivity index (χ3n) is 2.65. The van der Waals surface area contributed by atoms with Crippen LogP contribution in [0, 0.1) is 9.39 Å². The topological polar surface area (TPSA) is 12.0 Å². The average molecular weight is 420 g/mol. The van der Waals surface area contributed by atoms with Crippen LogP contribution < -0.4 is 5.32 Å². The highest BCUT2D eigenvalue weighted by Crippen LogP contribution is 2.26. The molecular weight excluding hydrogens is 408 g/mol. The molecule has 18 heavy (non-hydrogen) atoms. The molecular formula is C14H12BrFIN. The molecule has 0 amide bonds. The summed E-state index contributed by atoms with van der Waals surface area (Å²) < 4.78 is 15.4. The number of nitrogens with one attached hydrogen (secondary N) is 1. The lowest BCUT2D eigenvalue weighted by Gasteiger charge is -2.16. The lowest BCUT2D eigenvalue weighted by Crippen LogP contribution is -2.06. The van der Waals surface area contributed by atoms with E-state index in [4.69, 9.17) is 0 Å². The predicted octanol–water partition coefficient (Wildman–Crippen LogP) is 5.37. The van der Waals surface area contributed by atoms with Gasteiger partial charge >= 0.3 is 0 Å². The third kappa shape index (κ3) is 3.45. The Labute approximate surface area is 128 Å². The van der Waals surface area contributed by atoms with Gasteiger partial charge in [0, 0.05) is 19.8 Å². The Hall–Kier alpha value is -0.620. The van der Waals surface area contributed by atoms with Crippen LogP contribution in [0.15, 0.2) is 46.9 Å². The Morgan fingerprint density at radius 1 is 1.22 bits per heavy atom. The summed E-state index contributed by atoms with van der Waals surface area (Å²) in [6.45, 7) is 2.01. The summed E-state index contributed by atoms with van der Waals surface area (Å²) in [6.07, 6.45) is 0. The number of anilines is 1. The van der Waals surface area contributed by atoms with Crippen molar-refractivity contribution in [3.05, 3.63) is 61.9 Å². The fourth-order valence-electron chi connectivity index (χ4n) is 1.70. The first kappa shape index (κ1) is 13.8. The molecule has 0 fully saturated rings. The maximum atomic E-state index is 13.1. The maximum Gasteiger partial charge on any atom is 0.123 e. The van der Waals surface area contributed by atoms with E-state index in [0.29, 0.717) is 0 Å². The molecule has 0 aliphatic rings. The second-order valence-electron chi connectivity index (χ2n) is 4.05. The molecule has 0 saturated heterocycles. The molecule has 0 bridgehead atoms. The summed E-state index contributed by atoms with van der Waals surface area (Å²) in [7, 11) is 0. The Bertz CT molecular complexity index is 559. The molecule has 0 heterocycles. The molecule has 0 aromatic heterocycles. The first-order chi connectivity index (χ1) is 8.56. The summed E-state index contributed by atoms with van der Waals surface area (Å²) in [5.41, 5.74) is 1.95. The molecule has 1 atom stereocenters. The van der Waals surface area contributed by atoms with Gasteiger partial charge in [0.05, 0.1) is 0 Å². The molecule has 2 rings (SSSR count). The summed E-state index contributed by atoms with van der Waals surface area (Å²) in [5, 5.41) is 3.35. The molecule has 1 N–H and O–H groups in total. The highest BCUT2D eigenvalue weighted by molar-refractivity contribution is 14.1. The van der Waals surface area contributed by atoms with Gasteiger partial charge < -0.3 is 5.32 Å². The zero-order valence-corrected chi connectivity index (χ0v) is 13.5. The second-order valence-corrected chi connectivity index (χ2v) is 6.07. The van der Waals surface area contributed by atoms with Crippen LogP contribution >= 0.6 is 38.5 Å². The van der Waals surface area contributed by atoms with Gasteiger partial charge in [0.25, 0.3) is 0 Å². The molecule has 1 nitrogen and oxygen atoms in total. The Kier molecular flexibility index (Phi) is 4.61. The average Bonchev–Trinajstić information content (AvgIpc) is 2.34. The Morgan fingerprint density at radius 3 is 2.67 bits per heavy atom. The van der Waals surface area contributed by atoms with Gasteiger partial charge in [-0.2, -0.15) is 0 Å². The van der Waals surface area contributed by atoms with Crippen molar-refractivity contribution in [1.29, 1.82) is 0 Å².